The van der Waals surface area contributed by atoms with Gasteiger partial charge in [-0.05, 0) is 53.4 Å². The number of morpholine rings is 1. The highest BCUT2D eigenvalue weighted by Gasteiger charge is 2.36. The molecule has 0 spiro atoms. The Bertz CT molecular complexity index is 424. The van der Waals surface area contributed by atoms with Crippen LogP contribution in [0.2, 0.25) is 0 Å². The third kappa shape index (κ3) is 2.04. The zero-order chi connectivity index (χ0) is 11.8. The van der Waals surface area contributed by atoms with Crippen LogP contribution >= 0.6 is 15.9 Å². The normalized spacial score (nSPS) is 28.2. The van der Waals surface area contributed by atoms with Crippen LogP contribution in [-0.2, 0) is 4.74 Å². The Balaban J connectivity index is 1.91. The monoisotopic (exact) mass is 296 g/mol. The number of anilines is 2. The van der Waals surface area contributed by atoms with E-state index in [1.165, 1.54) is 24.9 Å². The second-order valence-corrected chi connectivity index (χ2v) is 5.67. The molecule has 92 valence electrons. The number of ether oxygens (including phenoxy) is 1. The standard InChI is InChI=1S/C13H17BrN2O/c14-10-8-9(15)4-5-11(10)16-6-7-17-13-3-1-2-12(13)16/h4-5,8,12-13H,1-3,6-7,15H2. The Kier molecular flexibility index (Phi) is 3.01. The summed E-state index contributed by atoms with van der Waals surface area (Å²) in [6.07, 6.45) is 4.14. The van der Waals surface area contributed by atoms with Crippen molar-refractivity contribution in [3.05, 3.63) is 22.7 Å². The average molecular weight is 297 g/mol. The topological polar surface area (TPSA) is 38.5 Å². The van der Waals surface area contributed by atoms with Crippen LogP contribution < -0.4 is 10.6 Å². The van der Waals surface area contributed by atoms with E-state index in [9.17, 15) is 0 Å². The number of hydrogen-bond donors (Lipinski definition) is 1. The van der Waals surface area contributed by atoms with Gasteiger partial charge in [0.2, 0.25) is 0 Å². The van der Waals surface area contributed by atoms with E-state index in [0.29, 0.717) is 12.1 Å². The van der Waals surface area contributed by atoms with E-state index in [2.05, 4.69) is 26.9 Å². The molecule has 1 aromatic rings. The zero-order valence-electron chi connectivity index (χ0n) is 9.73. The van der Waals surface area contributed by atoms with Crippen molar-refractivity contribution in [1.82, 2.24) is 0 Å². The van der Waals surface area contributed by atoms with Crippen LogP contribution in [0.25, 0.3) is 0 Å². The maximum atomic E-state index is 5.84. The highest BCUT2D eigenvalue weighted by molar-refractivity contribution is 9.10. The summed E-state index contributed by atoms with van der Waals surface area (Å²) < 4.78 is 6.92. The van der Waals surface area contributed by atoms with Gasteiger partial charge in [-0.3, -0.25) is 0 Å². The largest absolute Gasteiger partial charge is 0.399 e. The lowest BCUT2D eigenvalue weighted by Gasteiger charge is -2.39. The van der Waals surface area contributed by atoms with Crippen LogP contribution in [0.4, 0.5) is 11.4 Å². The van der Waals surface area contributed by atoms with Crippen molar-refractivity contribution >= 4 is 27.3 Å². The Hall–Kier alpha value is -0.740. The number of benzene rings is 1. The van der Waals surface area contributed by atoms with Crippen LogP contribution in [-0.4, -0.2) is 25.3 Å². The number of fused-ring (bicyclic) bond motifs is 1. The van der Waals surface area contributed by atoms with Crippen molar-refractivity contribution in [1.29, 1.82) is 0 Å². The fourth-order valence-electron chi connectivity index (χ4n) is 2.98. The fourth-order valence-corrected chi connectivity index (χ4v) is 3.61. The van der Waals surface area contributed by atoms with Crippen LogP contribution in [0.3, 0.4) is 0 Å². The highest BCUT2D eigenvalue weighted by atomic mass is 79.9. The minimum absolute atomic E-state index is 0.424. The highest BCUT2D eigenvalue weighted by Crippen LogP contribution is 2.37. The van der Waals surface area contributed by atoms with Gasteiger partial charge < -0.3 is 15.4 Å². The molecule has 1 aromatic carbocycles. The lowest BCUT2D eigenvalue weighted by atomic mass is 10.1. The van der Waals surface area contributed by atoms with Gasteiger partial charge in [0.25, 0.3) is 0 Å². The predicted octanol–water partition coefficient (Wildman–Crippen LogP) is 2.79. The molecule has 3 rings (SSSR count). The number of hydrogen-bond acceptors (Lipinski definition) is 3. The average Bonchev–Trinajstić information content (AvgIpc) is 2.77. The molecule has 4 heteroatoms. The van der Waals surface area contributed by atoms with Gasteiger partial charge in [-0.15, -0.1) is 0 Å². The van der Waals surface area contributed by atoms with Gasteiger partial charge in [0.15, 0.2) is 0 Å². The van der Waals surface area contributed by atoms with E-state index in [-0.39, 0.29) is 0 Å². The predicted molar refractivity (Wildman–Crippen MR) is 73.3 cm³/mol. The first-order chi connectivity index (χ1) is 8.25. The molecule has 1 saturated heterocycles. The Labute approximate surface area is 110 Å². The minimum atomic E-state index is 0.424. The Morgan fingerprint density at radius 1 is 1.35 bits per heavy atom. The third-order valence-corrected chi connectivity index (χ3v) is 4.40. The maximum absolute atomic E-state index is 5.84. The van der Waals surface area contributed by atoms with Crippen molar-refractivity contribution in [2.45, 2.75) is 31.4 Å². The molecular formula is C13H17BrN2O. The van der Waals surface area contributed by atoms with Crippen molar-refractivity contribution < 1.29 is 4.74 Å². The molecule has 1 aliphatic heterocycles. The number of nitrogens with zero attached hydrogens (tertiary/aromatic N) is 1. The van der Waals surface area contributed by atoms with Crippen molar-refractivity contribution in [2.75, 3.05) is 23.8 Å². The molecule has 0 radical (unpaired) electrons. The molecule has 0 amide bonds. The van der Waals surface area contributed by atoms with E-state index in [0.717, 1.165) is 23.3 Å². The summed E-state index contributed by atoms with van der Waals surface area (Å²) in [5.41, 5.74) is 7.84. The summed E-state index contributed by atoms with van der Waals surface area (Å²) in [6.45, 7) is 1.81. The van der Waals surface area contributed by atoms with Crippen LogP contribution in [0.1, 0.15) is 19.3 Å². The second kappa shape index (κ2) is 4.50. The van der Waals surface area contributed by atoms with E-state index < -0.39 is 0 Å². The van der Waals surface area contributed by atoms with Crippen molar-refractivity contribution in [3.8, 4) is 0 Å². The van der Waals surface area contributed by atoms with Gasteiger partial charge in [-0.25, -0.2) is 0 Å². The molecule has 2 fully saturated rings. The summed E-state index contributed by atoms with van der Waals surface area (Å²) in [5, 5.41) is 0. The van der Waals surface area contributed by atoms with E-state index in [4.69, 9.17) is 10.5 Å². The minimum Gasteiger partial charge on any atom is -0.399 e. The van der Waals surface area contributed by atoms with Crippen LogP contribution in [0.5, 0.6) is 0 Å². The van der Waals surface area contributed by atoms with Gasteiger partial charge in [0, 0.05) is 16.7 Å². The lowest BCUT2D eigenvalue weighted by molar-refractivity contribution is 0.0256. The molecule has 1 saturated carbocycles. The van der Waals surface area contributed by atoms with Crippen LogP contribution in [0.15, 0.2) is 22.7 Å². The number of nitrogen functional groups attached to an aromatic ring is 1. The first-order valence-electron chi connectivity index (χ1n) is 6.19. The molecule has 1 aliphatic carbocycles. The number of rotatable bonds is 1. The molecule has 2 aliphatic rings. The third-order valence-electron chi connectivity index (χ3n) is 3.76. The number of nitrogens with two attached hydrogens (primary N) is 1. The molecule has 1 heterocycles. The Morgan fingerprint density at radius 2 is 2.24 bits per heavy atom. The van der Waals surface area contributed by atoms with Crippen molar-refractivity contribution in [2.24, 2.45) is 0 Å². The van der Waals surface area contributed by atoms with E-state index >= 15 is 0 Å². The Morgan fingerprint density at radius 3 is 3.06 bits per heavy atom. The van der Waals surface area contributed by atoms with Gasteiger partial charge in [-0.1, -0.05) is 0 Å². The molecule has 2 unspecified atom stereocenters. The molecule has 2 atom stereocenters. The first kappa shape index (κ1) is 11.4. The summed E-state index contributed by atoms with van der Waals surface area (Å²) in [6, 6.07) is 6.61. The molecular weight excluding hydrogens is 280 g/mol. The summed E-state index contributed by atoms with van der Waals surface area (Å²) >= 11 is 3.62. The van der Waals surface area contributed by atoms with Gasteiger partial charge in [-0.2, -0.15) is 0 Å². The van der Waals surface area contributed by atoms with Gasteiger partial charge >= 0.3 is 0 Å². The SMILES string of the molecule is Nc1ccc(N2CCOC3CCCC32)c(Br)c1. The summed E-state index contributed by atoms with van der Waals surface area (Å²) in [4.78, 5) is 2.48. The molecule has 0 bridgehead atoms. The van der Waals surface area contributed by atoms with Gasteiger partial charge in [0.05, 0.1) is 24.4 Å². The molecule has 2 N–H and O–H groups in total. The maximum Gasteiger partial charge on any atom is 0.0779 e. The van der Waals surface area contributed by atoms with E-state index in [1.807, 2.05) is 12.1 Å². The van der Waals surface area contributed by atoms with Crippen LogP contribution in [0, 0.1) is 0 Å². The fraction of sp³-hybridized carbons (Fsp3) is 0.538. The molecule has 3 nitrogen and oxygen atoms in total. The van der Waals surface area contributed by atoms with E-state index in [1.54, 1.807) is 0 Å². The van der Waals surface area contributed by atoms with Gasteiger partial charge in [0.1, 0.15) is 0 Å². The molecule has 17 heavy (non-hydrogen) atoms. The quantitative estimate of drug-likeness (QED) is 0.810. The number of halogens is 1. The summed E-state index contributed by atoms with van der Waals surface area (Å²) in [5.74, 6) is 0. The lowest BCUT2D eigenvalue weighted by Crippen LogP contribution is -2.48. The second-order valence-electron chi connectivity index (χ2n) is 4.81. The molecule has 0 aromatic heterocycles. The summed E-state index contributed by atoms with van der Waals surface area (Å²) in [7, 11) is 0. The zero-order valence-corrected chi connectivity index (χ0v) is 11.3. The smallest absolute Gasteiger partial charge is 0.0779 e. The van der Waals surface area contributed by atoms with Crippen molar-refractivity contribution in [3.63, 3.8) is 0 Å². The first-order valence-corrected chi connectivity index (χ1v) is 6.98.